The SMILES string of the molecule is CC(C)(C)OCCOc1ccc2ccccc2c1CCl. The van der Waals surface area contributed by atoms with E-state index in [1.807, 2.05) is 39.0 Å². The van der Waals surface area contributed by atoms with Crippen LogP contribution in [0.15, 0.2) is 36.4 Å². The summed E-state index contributed by atoms with van der Waals surface area (Å²) in [4.78, 5) is 0. The molecule has 2 aromatic carbocycles. The topological polar surface area (TPSA) is 18.5 Å². The number of hydrogen-bond acceptors (Lipinski definition) is 2. The van der Waals surface area contributed by atoms with E-state index < -0.39 is 0 Å². The molecule has 20 heavy (non-hydrogen) atoms. The zero-order valence-corrected chi connectivity index (χ0v) is 13.0. The van der Waals surface area contributed by atoms with Crippen molar-refractivity contribution in [1.82, 2.24) is 0 Å². The summed E-state index contributed by atoms with van der Waals surface area (Å²) in [5, 5.41) is 2.33. The van der Waals surface area contributed by atoms with Crippen LogP contribution in [0.4, 0.5) is 0 Å². The van der Waals surface area contributed by atoms with Gasteiger partial charge in [0.15, 0.2) is 0 Å². The lowest BCUT2D eigenvalue weighted by Crippen LogP contribution is -2.22. The number of benzene rings is 2. The van der Waals surface area contributed by atoms with E-state index in [-0.39, 0.29) is 5.60 Å². The Hall–Kier alpha value is -1.25. The van der Waals surface area contributed by atoms with Gasteiger partial charge >= 0.3 is 0 Å². The van der Waals surface area contributed by atoms with Gasteiger partial charge in [0.05, 0.1) is 18.1 Å². The molecule has 0 aliphatic heterocycles. The highest BCUT2D eigenvalue weighted by atomic mass is 35.5. The van der Waals surface area contributed by atoms with Crippen molar-refractivity contribution in [2.45, 2.75) is 32.3 Å². The number of rotatable bonds is 5. The summed E-state index contributed by atoms with van der Waals surface area (Å²) in [5.74, 6) is 1.28. The summed E-state index contributed by atoms with van der Waals surface area (Å²) in [5.41, 5.74) is 0.905. The van der Waals surface area contributed by atoms with Gasteiger partial charge in [0.25, 0.3) is 0 Å². The predicted octanol–water partition coefficient (Wildman–Crippen LogP) is 4.77. The lowest BCUT2D eigenvalue weighted by atomic mass is 10.0. The molecule has 2 nitrogen and oxygen atoms in total. The van der Waals surface area contributed by atoms with Gasteiger partial charge in [-0.1, -0.05) is 30.3 Å². The van der Waals surface area contributed by atoms with Gasteiger partial charge in [-0.15, -0.1) is 11.6 Å². The predicted molar refractivity (Wildman–Crippen MR) is 84.7 cm³/mol. The molecule has 108 valence electrons. The van der Waals surface area contributed by atoms with Gasteiger partial charge in [0, 0.05) is 5.56 Å². The van der Waals surface area contributed by atoms with Crippen LogP contribution in [0.25, 0.3) is 10.8 Å². The average Bonchev–Trinajstić information content (AvgIpc) is 2.42. The van der Waals surface area contributed by atoms with E-state index in [0.717, 1.165) is 16.7 Å². The second-order valence-corrected chi connectivity index (χ2v) is 5.97. The highest BCUT2D eigenvalue weighted by molar-refractivity contribution is 6.18. The minimum absolute atomic E-state index is 0.137. The lowest BCUT2D eigenvalue weighted by Gasteiger charge is -2.20. The monoisotopic (exact) mass is 292 g/mol. The summed E-state index contributed by atoms with van der Waals surface area (Å²) in [6.07, 6.45) is 0. The minimum Gasteiger partial charge on any atom is -0.491 e. The Morgan fingerprint density at radius 3 is 2.45 bits per heavy atom. The molecule has 3 heteroatoms. The molecule has 0 aliphatic rings. The van der Waals surface area contributed by atoms with Crippen molar-refractivity contribution >= 4 is 22.4 Å². The van der Waals surface area contributed by atoms with Crippen molar-refractivity contribution in [3.8, 4) is 5.75 Å². The summed E-state index contributed by atoms with van der Waals surface area (Å²) >= 11 is 6.09. The van der Waals surface area contributed by atoms with E-state index >= 15 is 0 Å². The van der Waals surface area contributed by atoms with Gasteiger partial charge in [0.2, 0.25) is 0 Å². The van der Waals surface area contributed by atoms with E-state index in [1.54, 1.807) is 0 Å². The largest absolute Gasteiger partial charge is 0.491 e. The van der Waals surface area contributed by atoms with Crippen molar-refractivity contribution in [1.29, 1.82) is 0 Å². The van der Waals surface area contributed by atoms with Crippen LogP contribution < -0.4 is 4.74 Å². The minimum atomic E-state index is -0.137. The third-order valence-electron chi connectivity index (χ3n) is 3.01. The molecule has 0 amide bonds. The Morgan fingerprint density at radius 1 is 1.00 bits per heavy atom. The molecule has 0 radical (unpaired) electrons. The van der Waals surface area contributed by atoms with Crippen molar-refractivity contribution in [3.63, 3.8) is 0 Å². The summed E-state index contributed by atoms with van der Waals surface area (Å²) in [6, 6.07) is 12.2. The molecule has 0 heterocycles. The summed E-state index contributed by atoms with van der Waals surface area (Å²) in [7, 11) is 0. The average molecular weight is 293 g/mol. The zero-order chi connectivity index (χ0) is 14.6. The Bertz CT molecular complexity index is 573. The first kappa shape index (κ1) is 15.1. The van der Waals surface area contributed by atoms with Crippen LogP contribution in [0.2, 0.25) is 0 Å². The van der Waals surface area contributed by atoms with E-state index in [4.69, 9.17) is 21.1 Å². The maximum atomic E-state index is 6.09. The lowest BCUT2D eigenvalue weighted by molar-refractivity contribution is -0.0163. The Kier molecular flexibility index (Phi) is 4.90. The Morgan fingerprint density at radius 2 is 1.75 bits per heavy atom. The molecular formula is C17H21ClO2. The molecule has 0 saturated carbocycles. The van der Waals surface area contributed by atoms with Crippen molar-refractivity contribution in [3.05, 3.63) is 42.0 Å². The van der Waals surface area contributed by atoms with E-state index in [2.05, 4.69) is 18.2 Å². The first-order valence-corrected chi connectivity index (χ1v) is 7.38. The van der Waals surface area contributed by atoms with Crippen molar-refractivity contribution in [2.24, 2.45) is 0 Å². The summed E-state index contributed by atoms with van der Waals surface area (Å²) in [6.45, 7) is 7.20. The maximum absolute atomic E-state index is 6.09. The fraction of sp³-hybridized carbons (Fsp3) is 0.412. The van der Waals surface area contributed by atoms with Crippen LogP contribution in [0.5, 0.6) is 5.75 Å². The molecule has 0 spiro atoms. The third-order valence-corrected chi connectivity index (χ3v) is 3.27. The molecule has 0 aliphatic carbocycles. The normalized spacial score (nSPS) is 11.8. The fourth-order valence-corrected chi connectivity index (χ4v) is 2.36. The molecule has 0 fully saturated rings. The van der Waals surface area contributed by atoms with Crippen LogP contribution in [0, 0.1) is 0 Å². The van der Waals surface area contributed by atoms with Gasteiger partial charge < -0.3 is 9.47 Å². The summed E-state index contributed by atoms with van der Waals surface area (Å²) < 4.78 is 11.5. The highest BCUT2D eigenvalue weighted by Gasteiger charge is 2.11. The maximum Gasteiger partial charge on any atom is 0.124 e. The molecule has 2 aromatic rings. The van der Waals surface area contributed by atoms with Gasteiger partial charge in [-0.25, -0.2) is 0 Å². The first-order valence-electron chi connectivity index (χ1n) is 6.84. The van der Waals surface area contributed by atoms with E-state index in [1.165, 1.54) is 5.39 Å². The molecule has 0 bridgehead atoms. The molecule has 0 aromatic heterocycles. The third kappa shape index (κ3) is 3.87. The van der Waals surface area contributed by atoms with Gasteiger partial charge in [0.1, 0.15) is 12.4 Å². The number of alkyl halides is 1. The van der Waals surface area contributed by atoms with Crippen LogP contribution in [0.3, 0.4) is 0 Å². The number of fused-ring (bicyclic) bond motifs is 1. The van der Waals surface area contributed by atoms with Crippen molar-refractivity contribution in [2.75, 3.05) is 13.2 Å². The van der Waals surface area contributed by atoms with E-state index in [9.17, 15) is 0 Å². The quantitative estimate of drug-likeness (QED) is 0.583. The Labute approximate surface area is 125 Å². The molecule has 0 N–H and O–H groups in total. The molecular weight excluding hydrogens is 272 g/mol. The van der Waals surface area contributed by atoms with Crippen LogP contribution in [-0.4, -0.2) is 18.8 Å². The highest BCUT2D eigenvalue weighted by Crippen LogP contribution is 2.29. The van der Waals surface area contributed by atoms with Gasteiger partial charge in [-0.2, -0.15) is 0 Å². The standard InChI is InChI=1S/C17H21ClO2/c1-17(2,3)20-11-10-19-16-9-8-13-6-4-5-7-14(13)15(16)12-18/h4-9H,10-12H2,1-3H3. The Balaban J connectivity index is 2.10. The second-order valence-electron chi connectivity index (χ2n) is 5.71. The van der Waals surface area contributed by atoms with Crippen LogP contribution >= 0.6 is 11.6 Å². The van der Waals surface area contributed by atoms with E-state index in [0.29, 0.717) is 19.1 Å². The molecule has 2 rings (SSSR count). The number of hydrogen-bond donors (Lipinski definition) is 0. The molecule has 0 atom stereocenters. The first-order chi connectivity index (χ1) is 9.51. The smallest absolute Gasteiger partial charge is 0.124 e. The second kappa shape index (κ2) is 6.47. The van der Waals surface area contributed by atoms with Crippen LogP contribution in [0.1, 0.15) is 26.3 Å². The number of ether oxygens (including phenoxy) is 2. The fourth-order valence-electron chi connectivity index (χ4n) is 2.09. The van der Waals surface area contributed by atoms with Crippen molar-refractivity contribution < 1.29 is 9.47 Å². The van der Waals surface area contributed by atoms with Gasteiger partial charge in [-0.05, 0) is 37.6 Å². The zero-order valence-electron chi connectivity index (χ0n) is 12.3. The number of halogens is 1. The molecule has 0 unspecified atom stereocenters. The van der Waals surface area contributed by atoms with Gasteiger partial charge in [-0.3, -0.25) is 0 Å². The molecule has 0 saturated heterocycles. The van der Waals surface area contributed by atoms with Crippen LogP contribution in [-0.2, 0) is 10.6 Å².